The van der Waals surface area contributed by atoms with E-state index in [-0.39, 0.29) is 0 Å². The van der Waals surface area contributed by atoms with Gasteiger partial charge < -0.3 is 5.32 Å². The second-order valence-corrected chi connectivity index (χ2v) is 7.47. The zero-order valence-corrected chi connectivity index (χ0v) is 14.6. The van der Waals surface area contributed by atoms with Gasteiger partial charge in [0.15, 0.2) is 0 Å². The van der Waals surface area contributed by atoms with Crippen LogP contribution in [0.25, 0.3) is 0 Å². The third-order valence-corrected chi connectivity index (χ3v) is 4.96. The topological polar surface area (TPSA) is 66.5 Å². The van der Waals surface area contributed by atoms with Crippen LogP contribution in [0.3, 0.4) is 0 Å². The fourth-order valence-corrected chi connectivity index (χ4v) is 3.42. The molecule has 8 heteroatoms. The largest absolute Gasteiger partial charge is 0.320 e. The van der Waals surface area contributed by atoms with E-state index in [4.69, 9.17) is 0 Å². The minimum Gasteiger partial charge on any atom is -0.320 e. The number of benzene rings is 2. The second kappa shape index (κ2) is 7.71. The molecule has 1 atom stereocenters. The molecule has 5 nitrogen and oxygen atoms in total. The van der Waals surface area contributed by atoms with E-state index in [2.05, 4.69) is 5.32 Å². The van der Waals surface area contributed by atoms with Crippen molar-refractivity contribution in [1.29, 1.82) is 0 Å². The Hall–Kier alpha value is -2.32. The van der Waals surface area contributed by atoms with Crippen LogP contribution >= 0.6 is 0 Å². The van der Waals surface area contributed by atoms with Crippen LogP contribution in [0.4, 0.5) is 14.5 Å². The molecule has 0 radical (unpaired) electrons. The van der Waals surface area contributed by atoms with E-state index in [0.29, 0.717) is 5.56 Å². The van der Waals surface area contributed by atoms with Gasteiger partial charge in [-0.05, 0) is 24.6 Å². The molecule has 25 heavy (non-hydrogen) atoms. The Balaban J connectivity index is 2.22. The molecule has 0 aromatic heterocycles. The van der Waals surface area contributed by atoms with Crippen molar-refractivity contribution >= 4 is 21.6 Å². The van der Waals surface area contributed by atoms with E-state index in [9.17, 15) is 22.0 Å². The summed E-state index contributed by atoms with van der Waals surface area (Å²) in [5.41, 5.74) is 0.0890. The molecule has 0 aliphatic carbocycles. The quantitative estimate of drug-likeness (QED) is 0.853. The van der Waals surface area contributed by atoms with Crippen LogP contribution < -0.4 is 5.32 Å². The summed E-state index contributed by atoms with van der Waals surface area (Å²) in [7, 11) is -3.73. The molecule has 0 aliphatic heterocycles. The number of hydrogen-bond acceptors (Lipinski definition) is 3. The first-order valence-corrected chi connectivity index (χ1v) is 9.30. The van der Waals surface area contributed by atoms with Crippen LogP contribution in [0.5, 0.6) is 0 Å². The number of carbonyl (C=O) groups excluding carboxylic acids is 1. The highest BCUT2D eigenvalue weighted by molar-refractivity contribution is 7.88. The Morgan fingerprint density at radius 3 is 2.16 bits per heavy atom. The van der Waals surface area contributed by atoms with Crippen LogP contribution in [-0.4, -0.2) is 31.4 Å². The van der Waals surface area contributed by atoms with Crippen molar-refractivity contribution in [2.75, 3.05) is 18.1 Å². The Labute approximate surface area is 145 Å². The zero-order valence-electron chi connectivity index (χ0n) is 13.7. The number of rotatable bonds is 6. The maximum atomic E-state index is 13.6. The fraction of sp³-hybridized carbons (Fsp3) is 0.235. The van der Waals surface area contributed by atoms with Crippen molar-refractivity contribution < 1.29 is 22.0 Å². The summed E-state index contributed by atoms with van der Waals surface area (Å²) in [6, 6.07) is 11.3. The summed E-state index contributed by atoms with van der Waals surface area (Å²) < 4.78 is 52.3. The molecule has 0 bridgehead atoms. The molecule has 1 unspecified atom stereocenters. The number of para-hydroxylation sites is 1. The van der Waals surface area contributed by atoms with Crippen LogP contribution in [0.15, 0.2) is 48.5 Å². The van der Waals surface area contributed by atoms with Crippen molar-refractivity contribution in [3.05, 3.63) is 65.7 Å². The number of halogens is 2. The normalized spacial score (nSPS) is 12.8. The van der Waals surface area contributed by atoms with Gasteiger partial charge in [0.25, 0.3) is 0 Å². The maximum Gasteiger partial charge on any atom is 0.239 e. The van der Waals surface area contributed by atoms with Gasteiger partial charge >= 0.3 is 0 Å². The number of nitrogens with one attached hydrogen (secondary N) is 1. The van der Waals surface area contributed by atoms with Gasteiger partial charge in [-0.3, -0.25) is 4.79 Å². The molecule has 0 aliphatic rings. The molecular weight excluding hydrogens is 350 g/mol. The highest BCUT2D eigenvalue weighted by Gasteiger charge is 2.27. The lowest BCUT2D eigenvalue weighted by Gasteiger charge is -2.26. The van der Waals surface area contributed by atoms with Crippen molar-refractivity contribution in [3.8, 4) is 0 Å². The Morgan fingerprint density at radius 2 is 1.64 bits per heavy atom. The predicted molar refractivity (Wildman–Crippen MR) is 91.4 cm³/mol. The number of carbonyl (C=O) groups is 1. The molecule has 1 N–H and O–H groups in total. The number of hydrogen-bond donors (Lipinski definition) is 1. The first-order valence-electron chi connectivity index (χ1n) is 7.45. The molecular formula is C17H18F2N2O3S. The smallest absolute Gasteiger partial charge is 0.239 e. The lowest BCUT2D eigenvalue weighted by atomic mass is 10.1. The highest BCUT2D eigenvalue weighted by atomic mass is 32.2. The lowest BCUT2D eigenvalue weighted by molar-refractivity contribution is -0.116. The average molecular weight is 368 g/mol. The van der Waals surface area contributed by atoms with E-state index in [1.54, 1.807) is 37.3 Å². The standard InChI is InChI=1S/C17H18F2N2O3S/c1-12(13-7-4-3-5-8-13)21(25(2,23)24)11-16(22)20-17-14(18)9-6-10-15(17)19/h3-10,12H,11H2,1-2H3,(H,20,22). The van der Waals surface area contributed by atoms with Gasteiger partial charge in [0.2, 0.25) is 15.9 Å². The van der Waals surface area contributed by atoms with Crippen LogP contribution in [0.2, 0.25) is 0 Å². The predicted octanol–water partition coefficient (Wildman–Crippen LogP) is 2.93. The molecule has 0 fully saturated rings. The van der Waals surface area contributed by atoms with Gasteiger partial charge in [-0.15, -0.1) is 0 Å². The van der Waals surface area contributed by atoms with Gasteiger partial charge in [0.05, 0.1) is 12.8 Å². The minimum atomic E-state index is -3.73. The zero-order chi connectivity index (χ0) is 18.6. The highest BCUT2D eigenvalue weighted by Crippen LogP contribution is 2.23. The first-order chi connectivity index (χ1) is 11.7. The number of nitrogens with zero attached hydrogens (tertiary/aromatic N) is 1. The third-order valence-electron chi connectivity index (χ3n) is 3.67. The van der Waals surface area contributed by atoms with E-state index < -0.39 is 45.8 Å². The molecule has 0 spiro atoms. The molecule has 2 aromatic rings. The summed E-state index contributed by atoms with van der Waals surface area (Å²) in [4.78, 5) is 12.2. The fourth-order valence-electron chi connectivity index (χ4n) is 2.38. The average Bonchev–Trinajstić information content (AvgIpc) is 2.55. The number of amides is 1. The SMILES string of the molecule is CC(c1ccccc1)N(CC(=O)Nc1c(F)cccc1F)S(C)(=O)=O. The molecule has 0 saturated heterocycles. The minimum absolute atomic E-state index is 0.567. The monoisotopic (exact) mass is 368 g/mol. The Kier molecular flexibility index (Phi) is 5.86. The Morgan fingerprint density at radius 1 is 1.08 bits per heavy atom. The number of sulfonamides is 1. The molecule has 0 saturated carbocycles. The summed E-state index contributed by atoms with van der Waals surface area (Å²) in [5, 5.41) is 2.09. The lowest BCUT2D eigenvalue weighted by Crippen LogP contribution is -2.39. The van der Waals surface area contributed by atoms with Crippen molar-refractivity contribution in [2.24, 2.45) is 0 Å². The summed E-state index contributed by atoms with van der Waals surface area (Å²) in [6.45, 7) is 1.07. The second-order valence-electron chi connectivity index (χ2n) is 5.54. The summed E-state index contributed by atoms with van der Waals surface area (Å²) >= 11 is 0. The molecule has 1 amide bonds. The Bertz CT molecular complexity index is 837. The van der Waals surface area contributed by atoms with Gasteiger partial charge in [-0.25, -0.2) is 17.2 Å². The molecule has 0 heterocycles. The first kappa shape index (κ1) is 19.0. The van der Waals surface area contributed by atoms with Crippen molar-refractivity contribution in [3.63, 3.8) is 0 Å². The van der Waals surface area contributed by atoms with E-state index >= 15 is 0 Å². The third kappa shape index (κ3) is 4.83. The van der Waals surface area contributed by atoms with Gasteiger partial charge in [0, 0.05) is 6.04 Å². The van der Waals surface area contributed by atoms with Gasteiger partial charge in [0.1, 0.15) is 17.3 Å². The molecule has 134 valence electrons. The van der Waals surface area contributed by atoms with Gasteiger partial charge in [-0.2, -0.15) is 4.31 Å². The van der Waals surface area contributed by atoms with Crippen LogP contribution in [-0.2, 0) is 14.8 Å². The maximum absolute atomic E-state index is 13.6. The van der Waals surface area contributed by atoms with Crippen LogP contribution in [0.1, 0.15) is 18.5 Å². The van der Waals surface area contributed by atoms with Crippen molar-refractivity contribution in [1.82, 2.24) is 4.31 Å². The molecule has 2 aromatic carbocycles. The molecule has 2 rings (SSSR count). The van der Waals surface area contributed by atoms with E-state index in [0.717, 1.165) is 22.7 Å². The van der Waals surface area contributed by atoms with Gasteiger partial charge in [-0.1, -0.05) is 36.4 Å². The van der Waals surface area contributed by atoms with Crippen LogP contribution in [0, 0.1) is 11.6 Å². The number of anilines is 1. The summed E-state index contributed by atoms with van der Waals surface area (Å²) in [6.07, 6.45) is 0.976. The van der Waals surface area contributed by atoms with E-state index in [1.165, 1.54) is 6.07 Å². The van der Waals surface area contributed by atoms with Crippen molar-refractivity contribution in [2.45, 2.75) is 13.0 Å². The van der Waals surface area contributed by atoms with E-state index in [1.807, 2.05) is 0 Å². The summed E-state index contributed by atoms with van der Waals surface area (Å²) in [5.74, 6) is -2.71.